The Morgan fingerprint density at radius 3 is 2.96 bits per heavy atom. The van der Waals surface area contributed by atoms with Crippen LogP contribution in [0.15, 0.2) is 6.33 Å². The van der Waals surface area contributed by atoms with Crippen LogP contribution in [0, 0.1) is 0 Å². The fraction of sp³-hybridized carbons (Fsp3) is 0.500. The third kappa shape index (κ3) is 3.45. The third-order valence-corrected chi connectivity index (χ3v) is 4.00. The molecule has 0 aliphatic carbocycles. The quantitative estimate of drug-likeness (QED) is 0.421. The fourth-order valence-electron chi connectivity index (χ4n) is 2.33. The molecule has 126 valence electrons. The Bertz CT molecular complexity index is 780. The van der Waals surface area contributed by atoms with Crippen LogP contribution in [0.25, 0.3) is 11.2 Å². The average molecular weight is 366 g/mol. The zero-order valence-corrected chi connectivity index (χ0v) is 13.1. The van der Waals surface area contributed by atoms with Crippen molar-refractivity contribution in [3.63, 3.8) is 0 Å². The predicted molar refractivity (Wildman–Crippen MR) is 77.3 cm³/mol. The van der Waals surface area contributed by atoms with E-state index in [4.69, 9.17) is 31.9 Å². The highest BCUT2D eigenvalue weighted by atomic mass is 35.5. The molecule has 3 rings (SSSR count). The molecule has 13 heteroatoms. The maximum Gasteiger partial charge on any atom is 0.469 e. The Balaban J connectivity index is 1.82. The van der Waals surface area contributed by atoms with E-state index in [0.29, 0.717) is 11.2 Å². The largest absolute Gasteiger partial charge is 0.469 e. The van der Waals surface area contributed by atoms with E-state index in [1.54, 1.807) is 0 Å². The smallest absolute Gasteiger partial charge is 0.390 e. The molecule has 0 spiro atoms. The Kier molecular flexibility index (Phi) is 4.27. The molecule has 0 amide bonds. The van der Waals surface area contributed by atoms with Crippen LogP contribution in [0.1, 0.15) is 12.6 Å². The number of rotatable bonds is 4. The highest BCUT2D eigenvalue weighted by molar-refractivity contribution is 7.46. The van der Waals surface area contributed by atoms with Gasteiger partial charge in [0.05, 0.1) is 19.0 Å². The summed E-state index contributed by atoms with van der Waals surface area (Å²) in [7, 11) is -4.64. The molecule has 5 N–H and O–H groups in total. The molecule has 3 heterocycles. The summed E-state index contributed by atoms with van der Waals surface area (Å²) in [5.74, 6) is 0.110. The summed E-state index contributed by atoms with van der Waals surface area (Å²) in [4.78, 5) is 29.3. The minimum absolute atomic E-state index is 0.0586. The summed E-state index contributed by atoms with van der Waals surface area (Å²) < 4.78 is 22.2. The number of nitrogens with zero attached hydrogens (tertiary/aromatic N) is 4. The first kappa shape index (κ1) is 16.5. The van der Waals surface area contributed by atoms with Gasteiger partial charge >= 0.3 is 7.82 Å². The Morgan fingerprint density at radius 2 is 2.26 bits per heavy atom. The molecule has 1 fully saturated rings. The van der Waals surface area contributed by atoms with Crippen molar-refractivity contribution in [2.24, 2.45) is 0 Å². The van der Waals surface area contributed by atoms with Gasteiger partial charge in [-0.15, -0.1) is 0 Å². The van der Waals surface area contributed by atoms with Gasteiger partial charge in [-0.2, -0.15) is 9.97 Å². The highest BCUT2D eigenvalue weighted by Gasteiger charge is 2.37. The predicted octanol–water partition coefficient (Wildman–Crippen LogP) is -0.180. The second-order valence-corrected chi connectivity index (χ2v) is 6.50. The van der Waals surface area contributed by atoms with Crippen LogP contribution < -0.4 is 5.73 Å². The van der Waals surface area contributed by atoms with Gasteiger partial charge in [-0.05, 0) is 11.6 Å². The topological polar surface area (TPSA) is 166 Å². The molecule has 0 unspecified atom stereocenters. The van der Waals surface area contributed by atoms with Crippen molar-refractivity contribution in [3.8, 4) is 0 Å². The van der Waals surface area contributed by atoms with Crippen LogP contribution in [0.5, 0.6) is 0 Å². The van der Waals surface area contributed by atoms with Crippen molar-refractivity contribution in [3.05, 3.63) is 11.6 Å². The third-order valence-electron chi connectivity index (χ3n) is 3.34. The monoisotopic (exact) mass is 365 g/mol. The summed E-state index contributed by atoms with van der Waals surface area (Å²) in [6, 6.07) is 0. The normalized spacial score (nSPS) is 25.3. The number of aliphatic hydroxyl groups is 1. The summed E-state index contributed by atoms with van der Waals surface area (Å²) in [6.07, 6.45) is -0.971. The van der Waals surface area contributed by atoms with Gasteiger partial charge in [0.2, 0.25) is 5.28 Å². The molecular formula is C10H13ClN5O6P. The molecule has 0 saturated carbocycles. The minimum Gasteiger partial charge on any atom is -0.390 e. The number of halogens is 1. The molecule has 1 saturated heterocycles. The first-order valence-corrected chi connectivity index (χ1v) is 8.34. The summed E-state index contributed by atoms with van der Waals surface area (Å²) in [5, 5.41) is 9.90. The molecule has 2 aromatic heterocycles. The van der Waals surface area contributed by atoms with Crippen LogP contribution in [0.3, 0.4) is 0 Å². The number of ether oxygens (including phenoxy) is 1. The van der Waals surface area contributed by atoms with Crippen molar-refractivity contribution < 1.29 is 28.7 Å². The van der Waals surface area contributed by atoms with E-state index in [0.717, 1.165) is 0 Å². The number of nitrogen functional groups attached to an aromatic ring is 1. The van der Waals surface area contributed by atoms with Gasteiger partial charge in [0, 0.05) is 6.42 Å². The van der Waals surface area contributed by atoms with Crippen LogP contribution >= 0.6 is 19.4 Å². The first-order chi connectivity index (χ1) is 10.7. The van der Waals surface area contributed by atoms with E-state index in [-0.39, 0.29) is 17.5 Å². The van der Waals surface area contributed by atoms with Crippen molar-refractivity contribution in [1.29, 1.82) is 0 Å². The number of phosphoric ester groups is 1. The number of hydrogen-bond donors (Lipinski definition) is 4. The second-order valence-electron chi connectivity index (χ2n) is 4.92. The number of nitrogens with two attached hydrogens (primary N) is 1. The molecule has 3 atom stereocenters. The number of aliphatic hydroxyl groups excluding tert-OH is 1. The van der Waals surface area contributed by atoms with Crippen molar-refractivity contribution in [2.75, 3.05) is 12.3 Å². The van der Waals surface area contributed by atoms with Crippen molar-refractivity contribution >= 4 is 36.4 Å². The molecule has 2 aromatic rings. The Labute approximate surface area is 134 Å². The second kappa shape index (κ2) is 5.95. The summed E-state index contributed by atoms with van der Waals surface area (Å²) in [5.41, 5.74) is 6.38. The van der Waals surface area contributed by atoms with Gasteiger partial charge in [0.25, 0.3) is 0 Å². The van der Waals surface area contributed by atoms with Gasteiger partial charge in [-0.1, -0.05) is 0 Å². The molecule has 0 radical (unpaired) electrons. The van der Waals surface area contributed by atoms with Crippen molar-refractivity contribution in [1.82, 2.24) is 19.5 Å². The lowest BCUT2D eigenvalue weighted by Crippen LogP contribution is -2.25. The molecule has 23 heavy (non-hydrogen) atoms. The number of imidazole rings is 1. The van der Waals surface area contributed by atoms with Gasteiger partial charge in [-0.25, -0.2) is 9.55 Å². The molecular weight excluding hydrogens is 353 g/mol. The number of fused-ring (bicyclic) bond motifs is 1. The SMILES string of the molecule is Nc1nc(Cl)nc2c1ncn2[C@H]1C[C@H](O)[C@@H](COP(=O)(O)O)O1. The minimum atomic E-state index is -4.64. The van der Waals surface area contributed by atoms with Gasteiger partial charge in [-0.3, -0.25) is 9.09 Å². The summed E-state index contributed by atoms with van der Waals surface area (Å²) >= 11 is 5.78. The maximum absolute atomic E-state index is 10.7. The van der Waals surface area contributed by atoms with Crippen LogP contribution in [-0.4, -0.2) is 53.2 Å². The van der Waals surface area contributed by atoms with E-state index in [9.17, 15) is 9.67 Å². The lowest BCUT2D eigenvalue weighted by molar-refractivity contribution is -0.0424. The number of phosphoric acid groups is 1. The van der Waals surface area contributed by atoms with Crippen LogP contribution in [0.2, 0.25) is 5.28 Å². The standard InChI is InChI=1S/C10H13ClN5O6P/c11-10-14-8(12)7-9(15-10)16(3-13-7)6-1-4(17)5(22-6)2-21-23(18,19)20/h3-6,17H,1-2H2,(H2,12,14,15)(H2,18,19,20)/t4-,5+,6+/m0/s1. The molecule has 0 bridgehead atoms. The average Bonchev–Trinajstić information content (AvgIpc) is 2.99. The lowest BCUT2D eigenvalue weighted by atomic mass is 10.2. The highest BCUT2D eigenvalue weighted by Crippen LogP contribution is 2.38. The van der Waals surface area contributed by atoms with E-state index in [2.05, 4.69) is 19.5 Å². The van der Waals surface area contributed by atoms with E-state index in [1.807, 2.05) is 0 Å². The Hall–Kier alpha value is -1.33. The zero-order chi connectivity index (χ0) is 16.8. The maximum atomic E-state index is 10.7. The van der Waals surface area contributed by atoms with E-state index >= 15 is 0 Å². The zero-order valence-electron chi connectivity index (χ0n) is 11.5. The fourth-order valence-corrected chi connectivity index (χ4v) is 2.84. The molecule has 11 nitrogen and oxygen atoms in total. The van der Waals surface area contributed by atoms with Gasteiger partial charge in [0.15, 0.2) is 11.5 Å². The molecule has 0 aromatic carbocycles. The van der Waals surface area contributed by atoms with Crippen molar-refractivity contribution in [2.45, 2.75) is 24.9 Å². The summed E-state index contributed by atoms with van der Waals surface area (Å²) in [6.45, 7) is -0.452. The van der Waals surface area contributed by atoms with Crippen LogP contribution in [0.4, 0.5) is 5.82 Å². The van der Waals surface area contributed by atoms with Gasteiger partial charge in [0.1, 0.15) is 17.8 Å². The number of anilines is 1. The molecule has 1 aliphatic heterocycles. The number of aromatic nitrogens is 4. The van der Waals surface area contributed by atoms with Gasteiger partial charge < -0.3 is 25.4 Å². The molecule has 1 aliphatic rings. The Morgan fingerprint density at radius 1 is 1.52 bits per heavy atom. The van der Waals surface area contributed by atoms with E-state index < -0.39 is 32.9 Å². The number of hydrogen-bond acceptors (Lipinski definition) is 8. The lowest BCUT2D eigenvalue weighted by Gasteiger charge is -2.16. The van der Waals surface area contributed by atoms with Crippen LogP contribution in [-0.2, 0) is 13.8 Å². The first-order valence-electron chi connectivity index (χ1n) is 6.44. The van der Waals surface area contributed by atoms with E-state index in [1.165, 1.54) is 10.9 Å².